The van der Waals surface area contributed by atoms with Crippen molar-refractivity contribution in [2.75, 3.05) is 5.75 Å². The van der Waals surface area contributed by atoms with E-state index in [0.29, 0.717) is 34.8 Å². The van der Waals surface area contributed by atoms with Crippen molar-refractivity contribution in [3.63, 3.8) is 0 Å². The number of carbonyl (C=O) groups excluding carboxylic acids is 2. The molecule has 0 bridgehead atoms. The van der Waals surface area contributed by atoms with E-state index in [1.54, 1.807) is 23.0 Å². The number of Topliss-reactive ketones (excluding diaryl/α,β-unsaturated/α-hetero) is 1. The lowest BCUT2D eigenvalue weighted by Crippen LogP contribution is -2.15. The second kappa shape index (κ2) is 10.4. The molecule has 0 aliphatic carbocycles. The fourth-order valence-corrected chi connectivity index (χ4v) is 4.91. The van der Waals surface area contributed by atoms with Crippen molar-refractivity contribution < 1.29 is 14.0 Å². The van der Waals surface area contributed by atoms with Gasteiger partial charge in [-0.15, -0.1) is 10.2 Å². The number of amides is 1. The number of benzene rings is 1. The van der Waals surface area contributed by atoms with E-state index in [9.17, 15) is 9.59 Å². The van der Waals surface area contributed by atoms with Crippen molar-refractivity contribution in [2.24, 2.45) is 5.73 Å². The maximum atomic E-state index is 13.2. The molecule has 9 heteroatoms. The van der Waals surface area contributed by atoms with Gasteiger partial charge >= 0.3 is 0 Å². The first-order valence-corrected chi connectivity index (χ1v) is 12.5. The smallest absolute Gasteiger partial charge is 0.219 e. The van der Waals surface area contributed by atoms with Crippen LogP contribution in [0.25, 0.3) is 17.3 Å². The molecule has 0 spiro atoms. The number of aromatic nitrogens is 4. The third-order valence-corrected chi connectivity index (χ3v) is 6.89. The number of furan rings is 1. The minimum atomic E-state index is -0.426. The summed E-state index contributed by atoms with van der Waals surface area (Å²) in [7, 11) is 0. The van der Waals surface area contributed by atoms with Gasteiger partial charge in [0.1, 0.15) is 0 Å². The van der Waals surface area contributed by atoms with Gasteiger partial charge in [0.15, 0.2) is 22.5 Å². The van der Waals surface area contributed by atoms with Crippen LogP contribution >= 0.6 is 11.8 Å². The van der Waals surface area contributed by atoms with Crippen LogP contribution in [0.2, 0.25) is 0 Å². The maximum absolute atomic E-state index is 13.2. The summed E-state index contributed by atoms with van der Waals surface area (Å²) in [5, 5.41) is 8.98. The second-order valence-corrected chi connectivity index (χ2v) is 9.67. The van der Waals surface area contributed by atoms with Gasteiger partial charge in [0.2, 0.25) is 5.91 Å². The Morgan fingerprint density at radius 3 is 2.49 bits per heavy atom. The molecule has 4 rings (SSSR count). The van der Waals surface area contributed by atoms with E-state index < -0.39 is 5.91 Å². The van der Waals surface area contributed by atoms with Crippen molar-refractivity contribution in [2.45, 2.75) is 51.7 Å². The average molecular weight is 492 g/mol. The summed E-state index contributed by atoms with van der Waals surface area (Å²) in [6.45, 7) is 8.61. The number of nitrogens with zero attached hydrogens (tertiary/aromatic N) is 4. The van der Waals surface area contributed by atoms with Crippen LogP contribution in [-0.2, 0) is 11.3 Å². The van der Waals surface area contributed by atoms with Crippen molar-refractivity contribution in [1.82, 2.24) is 19.3 Å². The molecule has 1 amide bonds. The lowest BCUT2D eigenvalue weighted by Gasteiger charge is -2.12. The Hall–Kier alpha value is -3.59. The number of primary amides is 1. The zero-order valence-corrected chi connectivity index (χ0v) is 21.1. The molecule has 35 heavy (non-hydrogen) atoms. The molecule has 2 N–H and O–H groups in total. The fraction of sp³-hybridized carbons (Fsp3) is 0.308. The molecule has 0 atom stereocenters. The molecule has 0 saturated heterocycles. The van der Waals surface area contributed by atoms with Gasteiger partial charge in [-0.2, -0.15) is 0 Å². The molecule has 3 heterocycles. The number of carbonyl (C=O) groups is 2. The first-order valence-electron chi connectivity index (χ1n) is 11.5. The molecule has 0 radical (unpaired) electrons. The van der Waals surface area contributed by atoms with E-state index in [2.05, 4.69) is 52.9 Å². The summed E-state index contributed by atoms with van der Waals surface area (Å²) in [6, 6.07) is 13.9. The molecule has 3 aromatic heterocycles. The first-order chi connectivity index (χ1) is 16.8. The molecule has 0 saturated carbocycles. The Kier molecular flexibility index (Phi) is 7.25. The molecule has 182 valence electrons. The monoisotopic (exact) mass is 491 g/mol. The SMILES string of the molecule is Cc1cc(C(=O)CSc2nnc(-c3ccco3)n2CCC(N)=O)c(C)n1-c1ccc(C(C)C)cc1. The summed E-state index contributed by atoms with van der Waals surface area (Å²) < 4.78 is 9.32. The zero-order valence-electron chi connectivity index (χ0n) is 20.3. The third kappa shape index (κ3) is 5.24. The van der Waals surface area contributed by atoms with E-state index in [1.165, 1.54) is 17.3 Å². The van der Waals surface area contributed by atoms with Gasteiger partial charge in [-0.3, -0.25) is 14.2 Å². The third-order valence-electron chi connectivity index (χ3n) is 5.92. The Morgan fingerprint density at radius 2 is 1.86 bits per heavy atom. The Morgan fingerprint density at radius 1 is 1.11 bits per heavy atom. The van der Waals surface area contributed by atoms with Gasteiger partial charge in [0.05, 0.1) is 12.0 Å². The van der Waals surface area contributed by atoms with Crippen molar-refractivity contribution in [3.8, 4) is 17.3 Å². The fourth-order valence-electron chi connectivity index (χ4n) is 4.07. The highest BCUT2D eigenvalue weighted by Gasteiger charge is 2.21. The quantitative estimate of drug-likeness (QED) is 0.249. The van der Waals surface area contributed by atoms with Gasteiger partial charge in [0.25, 0.3) is 0 Å². The highest BCUT2D eigenvalue weighted by Crippen LogP contribution is 2.27. The van der Waals surface area contributed by atoms with Crippen LogP contribution in [0, 0.1) is 13.8 Å². The molecule has 1 aromatic carbocycles. The minimum absolute atomic E-state index is 0.00264. The van der Waals surface area contributed by atoms with E-state index in [1.807, 2.05) is 19.9 Å². The predicted molar refractivity (Wildman–Crippen MR) is 136 cm³/mol. The number of hydrogen-bond acceptors (Lipinski definition) is 6. The maximum Gasteiger partial charge on any atom is 0.219 e. The Bertz CT molecular complexity index is 1330. The van der Waals surface area contributed by atoms with Crippen LogP contribution in [0.1, 0.15) is 53.5 Å². The van der Waals surface area contributed by atoms with Crippen molar-refractivity contribution in [3.05, 3.63) is 71.2 Å². The van der Waals surface area contributed by atoms with Gasteiger partial charge in [-0.05, 0) is 55.7 Å². The molecular formula is C26H29N5O3S. The molecule has 0 unspecified atom stereocenters. The lowest BCUT2D eigenvalue weighted by molar-refractivity contribution is -0.118. The number of nitrogens with two attached hydrogens (primary N) is 1. The molecule has 0 fully saturated rings. The van der Waals surface area contributed by atoms with E-state index in [4.69, 9.17) is 10.2 Å². The summed E-state index contributed by atoms with van der Waals surface area (Å²) in [5.74, 6) is 1.25. The second-order valence-electron chi connectivity index (χ2n) is 8.73. The van der Waals surface area contributed by atoms with Gasteiger partial charge in [-0.1, -0.05) is 37.7 Å². The largest absolute Gasteiger partial charge is 0.461 e. The summed E-state index contributed by atoms with van der Waals surface area (Å²) in [6.07, 6.45) is 1.68. The van der Waals surface area contributed by atoms with Crippen molar-refractivity contribution >= 4 is 23.5 Å². The number of aryl methyl sites for hydroxylation is 1. The van der Waals surface area contributed by atoms with E-state index in [-0.39, 0.29) is 18.0 Å². The Balaban J connectivity index is 1.54. The average Bonchev–Trinajstić information content (AvgIpc) is 3.55. The number of ketones is 1. The molecule has 8 nitrogen and oxygen atoms in total. The van der Waals surface area contributed by atoms with Crippen LogP contribution in [-0.4, -0.2) is 36.8 Å². The van der Waals surface area contributed by atoms with Gasteiger partial charge < -0.3 is 14.7 Å². The lowest BCUT2D eigenvalue weighted by atomic mass is 10.0. The number of rotatable bonds is 10. The minimum Gasteiger partial charge on any atom is -0.461 e. The Labute approximate surface area is 208 Å². The van der Waals surface area contributed by atoms with Gasteiger partial charge in [-0.25, -0.2) is 0 Å². The van der Waals surface area contributed by atoms with Crippen LogP contribution in [0.15, 0.2) is 58.3 Å². The van der Waals surface area contributed by atoms with E-state index in [0.717, 1.165) is 17.1 Å². The number of hydrogen-bond donors (Lipinski definition) is 1. The van der Waals surface area contributed by atoms with Crippen LogP contribution < -0.4 is 5.73 Å². The summed E-state index contributed by atoms with van der Waals surface area (Å²) in [5.41, 5.74) is 10.2. The first kappa shape index (κ1) is 24.5. The number of thioether (sulfide) groups is 1. The van der Waals surface area contributed by atoms with Crippen molar-refractivity contribution in [1.29, 1.82) is 0 Å². The van der Waals surface area contributed by atoms with Gasteiger partial charge in [0, 0.05) is 35.6 Å². The molecule has 0 aliphatic heterocycles. The van der Waals surface area contributed by atoms with Crippen LogP contribution in [0.5, 0.6) is 0 Å². The standard InChI is InChI=1S/C26H29N5O3S/c1-16(2)19-7-9-20(10-8-19)31-17(3)14-21(18(31)4)22(32)15-35-26-29-28-25(23-6-5-13-34-23)30(26)12-11-24(27)33/h5-10,13-14,16H,11-12,15H2,1-4H3,(H2,27,33). The highest BCUT2D eigenvalue weighted by atomic mass is 32.2. The zero-order chi connectivity index (χ0) is 25.1. The molecule has 0 aliphatic rings. The van der Waals surface area contributed by atoms with Crippen LogP contribution in [0.3, 0.4) is 0 Å². The molecular weight excluding hydrogens is 462 g/mol. The summed E-state index contributed by atoms with van der Waals surface area (Å²) in [4.78, 5) is 24.6. The van der Waals surface area contributed by atoms with Crippen LogP contribution in [0.4, 0.5) is 0 Å². The predicted octanol–water partition coefficient (Wildman–Crippen LogP) is 4.92. The summed E-state index contributed by atoms with van der Waals surface area (Å²) >= 11 is 1.28. The van der Waals surface area contributed by atoms with E-state index >= 15 is 0 Å². The topological polar surface area (TPSA) is 109 Å². The normalized spacial score (nSPS) is 11.3. The molecule has 4 aromatic rings. The highest BCUT2D eigenvalue weighted by molar-refractivity contribution is 7.99.